The molecule has 1 aliphatic heterocycles. The zero-order valence-corrected chi connectivity index (χ0v) is 17.6. The second-order valence-corrected chi connectivity index (χ2v) is 8.14. The number of rotatable bonds is 7. The minimum Gasteiger partial charge on any atom is -0.490 e. The molecule has 4 N–H and O–H groups in total. The number of halogens is 3. The number of nitrogens with zero attached hydrogens (tertiary/aromatic N) is 2. The first-order valence-electron chi connectivity index (χ1n) is 10.7. The van der Waals surface area contributed by atoms with Gasteiger partial charge in [0.15, 0.2) is 0 Å². The molecule has 1 saturated carbocycles. The highest BCUT2D eigenvalue weighted by Crippen LogP contribution is 2.35. The molecular weight excluding hydrogens is 411 g/mol. The summed E-state index contributed by atoms with van der Waals surface area (Å²) in [6.45, 7) is 1.60. The van der Waals surface area contributed by atoms with Crippen molar-refractivity contribution in [1.29, 1.82) is 5.26 Å². The van der Waals surface area contributed by atoms with Gasteiger partial charge in [-0.2, -0.15) is 18.4 Å². The van der Waals surface area contributed by atoms with Gasteiger partial charge in [-0.15, -0.1) is 0 Å². The molecule has 1 aromatic carbocycles. The van der Waals surface area contributed by atoms with E-state index in [1.807, 2.05) is 7.05 Å². The van der Waals surface area contributed by atoms with Crippen molar-refractivity contribution in [3.05, 3.63) is 29.3 Å². The van der Waals surface area contributed by atoms with E-state index in [2.05, 4.69) is 21.1 Å². The molecule has 0 radical (unpaired) electrons. The van der Waals surface area contributed by atoms with E-state index in [0.717, 1.165) is 63.7 Å². The van der Waals surface area contributed by atoms with Crippen LogP contribution < -0.4 is 20.9 Å². The van der Waals surface area contributed by atoms with Crippen molar-refractivity contribution in [1.82, 2.24) is 21.1 Å². The Bertz CT molecular complexity index is 754. The lowest BCUT2D eigenvalue weighted by Crippen LogP contribution is -2.62. The predicted octanol–water partition coefficient (Wildman–Crippen LogP) is 2.32. The first-order chi connectivity index (χ1) is 14.8. The van der Waals surface area contributed by atoms with Crippen LogP contribution in [0.3, 0.4) is 0 Å². The fraction of sp³-hybridized carbons (Fsp3) is 0.667. The van der Waals surface area contributed by atoms with Gasteiger partial charge >= 0.3 is 6.18 Å². The molecule has 2 fully saturated rings. The monoisotopic (exact) mass is 441 g/mol. The van der Waals surface area contributed by atoms with E-state index >= 15 is 0 Å². The molecule has 2 aliphatic rings. The Morgan fingerprint density at radius 3 is 2.42 bits per heavy atom. The molecule has 1 aliphatic carbocycles. The summed E-state index contributed by atoms with van der Waals surface area (Å²) in [7, 11) is 1.81. The fourth-order valence-corrected chi connectivity index (χ4v) is 4.21. The minimum atomic E-state index is -4.59. The van der Waals surface area contributed by atoms with Gasteiger partial charge in [-0.3, -0.25) is 15.6 Å². The van der Waals surface area contributed by atoms with Crippen LogP contribution >= 0.6 is 0 Å². The average molecular weight is 441 g/mol. The van der Waals surface area contributed by atoms with Gasteiger partial charge in [0.1, 0.15) is 12.0 Å². The maximum atomic E-state index is 13.2. The van der Waals surface area contributed by atoms with Crippen molar-refractivity contribution in [2.45, 2.75) is 69.2 Å². The largest absolute Gasteiger partial charge is 0.490 e. The lowest BCUT2D eigenvalue weighted by atomic mass is 9.92. The number of alkyl halides is 3. The van der Waals surface area contributed by atoms with E-state index < -0.39 is 17.3 Å². The van der Waals surface area contributed by atoms with Crippen LogP contribution in [0.15, 0.2) is 18.2 Å². The minimum absolute atomic E-state index is 0.0622. The highest BCUT2D eigenvalue weighted by molar-refractivity contribution is 5.44. The van der Waals surface area contributed by atoms with E-state index in [9.17, 15) is 18.3 Å². The number of aliphatic hydroxyl groups excluding tert-OH is 1. The van der Waals surface area contributed by atoms with Crippen LogP contribution in [0, 0.1) is 11.3 Å². The number of benzene rings is 1. The third-order valence-corrected chi connectivity index (χ3v) is 5.93. The van der Waals surface area contributed by atoms with Crippen molar-refractivity contribution in [2.75, 3.05) is 20.1 Å². The quantitative estimate of drug-likeness (QED) is 0.381. The zero-order chi connectivity index (χ0) is 22.4. The normalized spacial score (nSPS) is 24.5. The van der Waals surface area contributed by atoms with Crippen LogP contribution in [0.5, 0.6) is 5.75 Å². The highest BCUT2D eigenvalue weighted by atomic mass is 19.4. The Hall–Kier alpha value is -1.90. The number of aliphatic hydroxyl groups is 1. The van der Waals surface area contributed by atoms with Crippen LogP contribution in [-0.4, -0.2) is 54.7 Å². The van der Waals surface area contributed by atoms with Gasteiger partial charge in [-0.1, -0.05) is 0 Å². The summed E-state index contributed by atoms with van der Waals surface area (Å²) >= 11 is 0. The number of ether oxygens (including phenoxy) is 1. The van der Waals surface area contributed by atoms with Gasteiger partial charge in [0, 0.05) is 19.1 Å². The second kappa shape index (κ2) is 10.6. The van der Waals surface area contributed by atoms with Gasteiger partial charge in [0.05, 0.1) is 29.4 Å². The molecule has 1 atom stereocenters. The maximum Gasteiger partial charge on any atom is 0.417 e. The van der Waals surface area contributed by atoms with E-state index in [1.54, 1.807) is 6.07 Å². The van der Waals surface area contributed by atoms with Crippen LogP contribution in [0.25, 0.3) is 0 Å². The Morgan fingerprint density at radius 1 is 1.16 bits per heavy atom. The molecule has 0 aromatic heterocycles. The Morgan fingerprint density at radius 2 is 1.84 bits per heavy atom. The summed E-state index contributed by atoms with van der Waals surface area (Å²) in [5, 5.41) is 22.2. The first kappa shape index (κ1) is 23.8. The van der Waals surface area contributed by atoms with Crippen molar-refractivity contribution >= 4 is 0 Å². The second-order valence-electron chi connectivity index (χ2n) is 8.14. The molecule has 10 heteroatoms. The molecule has 1 unspecified atom stereocenters. The first-order valence-corrected chi connectivity index (χ1v) is 10.7. The number of nitriles is 1. The van der Waals surface area contributed by atoms with Gasteiger partial charge in [0.25, 0.3) is 0 Å². The Labute approximate surface area is 180 Å². The highest BCUT2D eigenvalue weighted by Gasteiger charge is 2.34. The van der Waals surface area contributed by atoms with Crippen LogP contribution in [0.4, 0.5) is 13.2 Å². The molecule has 0 spiro atoms. The number of nitrogens with one attached hydrogen (secondary N) is 3. The maximum absolute atomic E-state index is 13.2. The third kappa shape index (κ3) is 6.54. The molecule has 1 heterocycles. The Kier molecular flexibility index (Phi) is 8.13. The van der Waals surface area contributed by atoms with Crippen molar-refractivity contribution in [3.8, 4) is 11.8 Å². The van der Waals surface area contributed by atoms with Crippen molar-refractivity contribution < 1.29 is 23.0 Å². The van der Waals surface area contributed by atoms with Gasteiger partial charge in [-0.05, 0) is 63.8 Å². The van der Waals surface area contributed by atoms with E-state index in [1.165, 1.54) is 6.07 Å². The summed E-state index contributed by atoms with van der Waals surface area (Å²) in [5.74, 6) is 0.143. The SMILES string of the molecule is CNNC(N[C@H]1CC[C@H](Oc2ccc(C#N)c(C(F)(F)F)c2)CC1)N1CCC(O)CC1. The number of hydrazine groups is 1. The predicted molar refractivity (Wildman–Crippen MR) is 109 cm³/mol. The number of hydrogen-bond donors (Lipinski definition) is 4. The molecule has 1 saturated heterocycles. The van der Waals surface area contributed by atoms with E-state index in [4.69, 9.17) is 10.00 Å². The van der Waals surface area contributed by atoms with Crippen LogP contribution in [-0.2, 0) is 6.18 Å². The zero-order valence-electron chi connectivity index (χ0n) is 17.6. The summed E-state index contributed by atoms with van der Waals surface area (Å²) < 4.78 is 45.3. The van der Waals surface area contributed by atoms with Gasteiger partial charge < -0.3 is 9.84 Å². The molecular formula is C21H30F3N5O2. The van der Waals surface area contributed by atoms with E-state index in [-0.39, 0.29) is 30.3 Å². The standard InChI is InChI=1S/C21H30F3N5O2/c1-26-28-20(29-10-8-16(30)9-11-29)27-15-3-6-17(7-4-15)31-18-5-2-14(13-25)19(12-18)21(22,23)24/h2,5,12,15-17,20,26-28,30H,3-4,6-11H2,1H3/t15-,17-,20?. The number of hydrogen-bond acceptors (Lipinski definition) is 7. The summed E-state index contributed by atoms with van der Waals surface area (Å²) in [6, 6.07) is 5.34. The molecule has 0 bridgehead atoms. The molecule has 31 heavy (non-hydrogen) atoms. The third-order valence-electron chi connectivity index (χ3n) is 5.93. The van der Waals surface area contributed by atoms with Crippen LogP contribution in [0.1, 0.15) is 49.7 Å². The Balaban J connectivity index is 1.53. The van der Waals surface area contributed by atoms with E-state index in [0.29, 0.717) is 0 Å². The average Bonchev–Trinajstić information content (AvgIpc) is 2.75. The number of likely N-dealkylation sites (tertiary alicyclic amines) is 1. The molecule has 1 aromatic rings. The molecule has 7 nitrogen and oxygen atoms in total. The molecule has 172 valence electrons. The molecule has 3 rings (SSSR count). The lowest BCUT2D eigenvalue weighted by Gasteiger charge is -2.40. The van der Waals surface area contributed by atoms with Gasteiger partial charge in [0.2, 0.25) is 0 Å². The smallest absolute Gasteiger partial charge is 0.417 e. The van der Waals surface area contributed by atoms with Crippen molar-refractivity contribution in [3.63, 3.8) is 0 Å². The summed E-state index contributed by atoms with van der Waals surface area (Å²) in [4.78, 5) is 2.25. The van der Waals surface area contributed by atoms with Gasteiger partial charge in [-0.25, -0.2) is 5.43 Å². The fourth-order valence-electron chi connectivity index (χ4n) is 4.21. The topological polar surface area (TPSA) is 92.6 Å². The summed E-state index contributed by atoms with van der Waals surface area (Å²) in [6.07, 6.45) is -0.431. The number of piperidine rings is 1. The van der Waals surface area contributed by atoms with Crippen LogP contribution in [0.2, 0.25) is 0 Å². The van der Waals surface area contributed by atoms with Crippen molar-refractivity contribution in [2.24, 2.45) is 0 Å². The molecule has 0 amide bonds. The lowest BCUT2D eigenvalue weighted by molar-refractivity contribution is -0.137. The summed E-state index contributed by atoms with van der Waals surface area (Å²) in [5.41, 5.74) is 4.83.